The van der Waals surface area contributed by atoms with E-state index in [1.807, 2.05) is 5.38 Å². The standard InChI is InChI=1S/C12H18N2O3S2/c15-19(16,11-4-2-1-3-5-11)14-8-10(9-14)17-12-13-6-7-18-12/h6-7,10-11H,1-5,8-9H2. The molecule has 0 spiro atoms. The van der Waals surface area contributed by atoms with Crippen molar-refractivity contribution in [3.63, 3.8) is 0 Å². The third kappa shape index (κ3) is 2.78. The van der Waals surface area contributed by atoms with E-state index in [4.69, 9.17) is 4.74 Å². The lowest BCUT2D eigenvalue weighted by molar-refractivity contribution is 0.0748. The third-order valence-electron chi connectivity index (χ3n) is 3.83. The summed E-state index contributed by atoms with van der Waals surface area (Å²) in [6.45, 7) is 0.941. The highest BCUT2D eigenvalue weighted by Gasteiger charge is 2.41. The Bertz CT molecular complexity index is 503. The van der Waals surface area contributed by atoms with Gasteiger partial charge in [0.1, 0.15) is 6.10 Å². The van der Waals surface area contributed by atoms with Crippen LogP contribution in [0.25, 0.3) is 0 Å². The number of sulfonamides is 1. The SMILES string of the molecule is O=S(=O)(C1CCCCC1)N1CC(Oc2nccs2)C1. The number of hydrogen-bond donors (Lipinski definition) is 0. The van der Waals surface area contributed by atoms with E-state index in [2.05, 4.69) is 4.98 Å². The molecule has 0 bridgehead atoms. The molecule has 2 aliphatic rings. The molecular formula is C12H18N2O3S2. The van der Waals surface area contributed by atoms with E-state index in [0.29, 0.717) is 18.3 Å². The van der Waals surface area contributed by atoms with Crippen LogP contribution in [0.1, 0.15) is 32.1 Å². The van der Waals surface area contributed by atoms with Crippen molar-refractivity contribution in [2.24, 2.45) is 0 Å². The summed E-state index contributed by atoms with van der Waals surface area (Å²) in [7, 11) is -3.10. The van der Waals surface area contributed by atoms with E-state index in [-0.39, 0.29) is 11.4 Å². The zero-order chi connectivity index (χ0) is 13.3. The van der Waals surface area contributed by atoms with Gasteiger partial charge in [0.05, 0.1) is 18.3 Å². The molecule has 3 rings (SSSR count). The number of aromatic nitrogens is 1. The van der Waals surface area contributed by atoms with Crippen LogP contribution in [0.15, 0.2) is 11.6 Å². The van der Waals surface area contributed by atoms with Crippen molar-refractivity contribution in [3.8, 4) is 5.19 Å². The van der Waals surface area contributed by atoms with Crippen LogP contribution in [0.4, 0.5) is 0 Å². The summed E-state index contributed by atoms with van der Waals surface area (Å²) in [6, 6.07) is 0. The van der Waals surface area contributed by atoms with Gasteiger partial charge in [-0.25, -0.2) is 13.4 Å². The first-order valence-corrected chi connectivity index (χ1v) is 9.09. The minimum Gasteiger partial charge on any atom is -0.464 e. The summed E-state index contributed by atoms with van der Waals surface area (Å²) in [5.74, 6) is 0. The van der Waals surface area contributed by atoms with Crippen LogP contribution < -0.4 is 4.74 Å². The molecular weight excluding hydrogens is 284 g/mol. The second-order valence-electron chi connectivity index (χ2n) is 5.16. The van der Waals surface area contributed by atoms with Gasteiger partial charge in [-0.3, -0.25) is 0 Å². The number of hydrogen-bond acceptors (Lipinski definition) is 5. The van der Waals surface area contributed by atoms with Crippen LogP contribution in [0.5, 0.6) is 5.19 Å². The number of rotatable bonds is 4. The molecule has 0 aromatic carbocycles. The van der Waals surface area contributed by atoms with E-state index in [1.54, 1.807) is 10.5 Å². The Labute approximate surface area is 117 Å². The Morgan fingerprint density at radius 3 is 2.63 bits per heavy atom. The first-order chi connectivity index (χ1) is 9.16. The Kier molecular flexibility index (Phi) is 3.77. The highest BCUT2D eigenvalue weighted by atomic mass is 32.2. The van der Waals surface area contributed by atoms with Gasteiger partial charge in [-0.15, -0.1) is 0 Å². The van der Waals surface area contributed by atoms with Crippen LogP contribution in [0.3, 0.4) is 0 Å². The maximum atomic E-state index is 12.4. The summed E-state index contributed by atoms with van der Waals surface area (Å²) in [5.41, 5.74) is 0. The quantitative estimate of drug-likeness (QED) is 0.852. The number of ether oxygens (including phenoxy) is 1. The van der Waals surface area contributed by atoms with E-state index in [9.17, 15) is 8.42 Å². The molecule has 1 aliphatic carbocycles. The molecule has 2 heterocycles. The molecule has 2 fully saturated rings. The topological polar surface area (TPSA) is 59.5 Å². The molecule has 0 N–H and O–H groups in total. The molecule has 1 aromatic heterocycles. The van der Waals surface area contributed by atoms with Crippen LogP contribution in [-0.4, -0.2) is 42.2 Å². The van der Waals surface area contributed by atoms with Crippen molar-refractivity contribution in [1.29, 1.82) is 0 Å². The molecule has 7 heteroatoms. The van der Waals surface area contributed by atoms with Gasteiger partial charge in [-0.2, -0.15) is 4.31 Å². The van der Waals surface area contributed by atoms with Crippen molar-refractivity contribution in [3.05, 3.63) is 11.6 Å². The van der Waals surface area contributed by atoms with Crippen LogP contribution in [0, 0.1) is 0 Å². The zero-order valence-corrected chi connectivity index (χ0v) is 12.3. The molecule has 1 saturated heterocycles. The van der Waals surface area contributed by atoms with Crippen molar-refractivity contribution in [2.45, 2.75) is 43.5 Å². The number of nitrogens with zero attached hydrogens (tertiary/aromatic N) is 2. The maximum absolute atomic E-state index is 12.4. The molecule has 19 heavy (non-hydrogen) atoms. The summed E-state index contributed by atoms with van der Waals surface area (Å²) in [4.78, 5) is 4.04. The summed E-state index contributed by atoms with van der Waals surface area (Å²) in [6.07, 6.45) is 6.53. The molecule has 1 aromatic rings. The van der Waals surface area contributed by atoms with Crippen molar-refractivity contribution < 1.29 is 13.2 Å². The van der Waals surface area contributed by atoms with Crippen molar-refractivity contribution in [2.75, 3.05) is 13.1 Å². The molecule has 0 amide bonds. The highest BCUT2D eigenvalue weighted by molar-refractivity contribution is 7.89. The van der Waals surface area contributed by atoms with Gasteiger partial charge in [0.2, 0.25) is 10.0 Å². The van der Waals surface area contributed by atoms with Gasteiger partial charge in [-0.1, -0.05) is 30.6 Å². The summed E-state index contributed by atoms with van der Waals surface area (Å²) >= 11 is 1.44. The lowest BCUT2D eigenvalue weighted by Gasteiger charge is -2.39. The normalized spacial score (nSPS) is 23.2. The van der Waals surface area contributed by atoms with Gasteiger partial charge in [0.15, 0.2) is 0 Å². The monoisotopic (exact) mass is 302 g/mol. The lowest BCUT2D eigenvalue weighted by atomic mass is 10.0. The van der Waals surface area contributed by atoms with Crippen LogP contribution in [0.2, 0.25) is 0 Å². The van der Waals surface area contributed by atoms with Gasteiger partial charge in [0, 0.05) is 11.6 Å². The van der Waals surface area contributed by atoms with Gasteiger partial charge >= 0.3 is 0 Å². The molecule has 0 radical (unpaired) electrons. The second kappa shape index (κ2) is 5.38. The predicted octanol–water partition coefficient (Wildman–Crippen LogP) is 1.87. The first kappa shape index (κ1) is 13.3. The first-order valence-electron chi connectivity index (χ1n) is 6.71. The van der Waals surface area contributed by atoms with Gasteiger partial charge < -0.3 is 4.74 Å². The minimum atomic E-state index is -3.10. The number of thiazole rings is 1. The maximum Gasteiger partial charge on any atom is 0.273 e. The van der Waals surface area contributed by atoms with Crippen LogP contribution >= 0.6 is 11.3 Å². The molecule has 5 nitrogen and oxygen atoms in total. The Balaban J connectivity index is 1.54. The molecule has 0 unspecified atom stereocenters. The van der Waals surface area contributed by atoms with E-state index in [1.165, 1.54) is 17.8 Å². The average Bonchev–Trinajstić information content (AvgIpc) is 2.87. The average molecular weight is 302 g/mol. The van der Waals surface area contributed by atoms with Crippen molar-refractivity contribution in [1.82, 2.24) is 9.29 Å². The van der Waals surface area contributed by atoms with E-state index < -0.39 is 10.0 Å². The smallest absolute Gasteiger partial charge is 0.273 e. The third-order valence-corrected chi connectivity index (χ3v) is 6.82. The molecule has 1 aliphatic heterocycles. The Morgan fingerprint density at radius 2 is 2.00 bits per heavy atom. The van der Waals surface area contributed by atoms with Crippen molar-refractivity contribution >= 4 is 21.4 Å². The fourth-order valence-corrected chi connectivity index (χ4v) is 5.32. The fourth-order valence-electron chi connectivity index (χ4n) is 2.67. The molecule has 106 valence electrons. The van der Waals surface area contributed by atoms with Crippen LogP contribution in [-0.2, 0) is 10.0 Å². The lowest BCUT2D eigenvalue weighted by Crippen LogP contribution is -2.58. The van der Waals surface area contributed by atoms with E-state index >= 15 is 0 Å². The highest BCUT2D eigenvalue weighted by Crippen LogP contribution is 2.29. The fraction of sp³-hybridized carbons (Fsp3) is 0.750. The zero-order valence-electron chi connectivity index (χ0n) is 10.7. The minimum absolute atomic E-state index is 0.0375. The largest absolute Gasteiger partial charge is 0.464 e. The van der Waals surface area contributed by atoms with Gasteiger partial charge in [0.25, 0.3) is 5.19 Å². The Morgan fingerprint density at radius 1 is 1.26 bits per heavy atom. The summed E-state index contributed by atoms with van der Waals surface area (Å²) < 4.78 is 31.9. The predicted molar refractivity (Wildman–Crippen MR) is 73.9 cm³/mol. The molecule has 1 saturated carbocycles. The molecule has 0 atom stereocenters. The second-order valence-corrected chi connectivity index (χ2v) is 8.23. The Hall–Kier alpha value is -0.660. The van der Waals surface area contributed by atoms with E-state index in [0.717, 1.165) is 25.7 Å². The summed E-state index contributed by atoms with van der Waals surface area (Å²) in [5, 5.41) is 2.31. The van der Waals surface area contributed by atoms with Gasteiger partial charge in [-0.05, 0) is 12.8 Å².